The molecule has 0 aliphatic rings. The average Bonchev–Trinajstić information content (AvgIpc) is 2.66. The fourth-order valence-electron chi connectivity index (χ4n) is 3.29. The number of nitrogens with one attached hydrogen (secondary N) is 1. The molecule has 0 fully saturated rings. The third-order valence-corrected chi connectivity index (χ3v) is 5.87. The number of benzene rings is 2. The van der Waals surface area contributed by atoms with Gasteiger partial charge in [-0.05, 0) is 50.8 Å². The Hall–Kier alpha value is -2.11. The molecule has 4 nitrogen and oxygen atoms in total. The summed E-state index contributed by atoms with van der Waals surface area (Å²) in [6.45, 7) is 5.57. The number of amides is 1. The van der Waals surface area contributed by atoms with Crippen molar-refractivity contribution in [2.24, 2.45) is 5.41 Å². The lowest BCUT2D eigenvalue weighted by Gasteiger charge is -2.35. The van der Waals surface area contributed by atoms with Gasteiger partial charge < -0.3 is 10.3 Å². The Kier molecular flexibility index (Phi) is 7.44. The summed E-state index contributed by atoms with van der Waals surface area (Å²) in [6, 6.07) is 14.4. The summed E-state index contributed by atoms with van der Waals surface area (Å²) in [5.41, 5.74) is 0.110. The average molecular weight is 417 g/mol. The first-order valence-electron chi connectivity index (χ1n) is 9.02. The Morgan fingerprint density at radius 2 is 1.79 bits per heavy atom. The number of thioether (sulfide) groups is 1. The highest BCUT2D eigenvalue weighted by Crippen LogP contribution is 2.36. The van der Waals surface area contributed by atoms with E-state index in [1.165, 1.54) is 18.7 Å². The normalized spacial score (nSPS) is 12.9. The van der Waals surface area contributed by atoms with Crippen LogP contribution >= 0.6 is 23.4 Å². The molecule has 0 aromatic heterocycles. The molecule has 1 unspecified atom stereocenters. The lowest BCUT2D eigenvalue weighted by atomic mass is 9.75. The van der Waals surface area contributed by atoms with Crippen molar-refractivity contribution in [3.63, 3.8) is 0 Å². The first-order chi connectivity index (χ1) is 13.3. The highest BCUT2D eigenvalue weighted by molar-refractivity contribution is 7.98. The van der Waals surface area contributed by atoms with Crippen molar-refractivity contribution in [3.05, 3.63) is 64.7 Å². The summed E-state index contributed by atoms with van der Waals surface area (Å²) in [5.74, 6) is -0.641. The Morgan fingerprint density at radius 3 is 2.29 bits per heavy atom. The van der Waals surface area contributed by atoms with Crippen LogP contribution < -0.4 is 4.90 Å². The second kappa shape index (κ2) is 9.39. The third kappa shape index (κ3) is 4.01. The topological polar surface area (TPSA) is 61.2 Å². The maximum atomic E-state index is 13.8. The SMILES string of the molecule is CCN(C(=O)C(CSC)(C(C)=N)C(=O)c1c(C)cccc1Cl)c1ccccc1. The Bertz CT molecular complexity index is 865. The van der Waals surface area contributed by atoms with E-state index >= 15 is 0 Å². The van der Waals surface area contributed by atoms with E-state index in [4.69, 9.17) is 17.0 Å². The van der Waals surface area contributed by atoms with Gasteiger partial charge in [0.25, 0.3) is 0 Å². The van der Waals surface area contributed by atoms with Crippen LogP contribution in [0, 0.1) is 17.7 Å². The van der Waals surface area contributed by atoms with Crippen molar-refractivity contribution < 1.29 is 9.59 Å². The minimum Gasteiger partial charge on any atom is -0.311 e. The van der Waals surface area contributed by atoms with E-state index in [0.717, 1.165) is 0 Å². The van der Waals surface area contributed by atoms with Gasteiger partial charge in [-0.2, -0.15) is 11.8 Å². The van der Waals surface area contributed by atoms with Crippen molar-refractivity contribution in [2.45, 2.75) is 20.8 Å². The number of nitrogens with zero attached hydrogens (tertiary/aromatic N) is 1. The highest BCUT2D eigenvalue weighted by Gasteiger charge is 2.50. The van der Waals surface area contributed by atoms with Crippen LogP contribution in [-0.4, -0.2) is 36.0 Å². The van der Waals surface area contributed by atoms with E-state index < -0.39 is 17.1 Å². The molecule has 28 heavy (non-hydrogen) atoms. The van der Waals surface area contributed by atoms with Gasteiger partial charge in [-0.3, -0.25) is 9.59 Å². The van der Waals surface area contributed by atoms with Gasteiger partial charge in [-0.1, -0.05) is 41.9 Å². The molecular weight excluding hydrogens is 392 g/mol. The largest absolute Gasteiger partial charge is 0.311 e. The molecule has 0 aliphatic heterocycles. The maximum absolute atomic E-state index is 13.8. The number of carbonyl (C=O) groups excluding carboxylic acids is 2. The van der Waals surface area contributed by atoms with Crippen LogP contribution in [0.15, 0.2) is 48.5 Å². The Balaban J connectivity index is 2.68. The van der Waals surface area contributed by atoms with Crippen molar-refractivity contribution >= 4 is 46.5 Å². The van der Waals surface area contributed by atoms with Gasteiger partial charge in [0.05, 0.1) is 5.02 Å². The molecule has 6 heteroatoms. The molecule has 0 saturated heterocycles. The summed E-state index contributed by atoms with van der Waals surface area (Å²) >= 11 is 7.72. The number of ketones is 1. The standard InChI is InChI=1S/C22H25ClN2O2S/c1-5-25(17-11-7-6-8-12-17)21(27)22(14-28-4,16(3)24)20(26)19-15(2)10-9-13-18(19)23/h6-13,24H,5,14H2,1-4H3. The summed E-state index contributed by atoms with van der Waals surface area (Å²) in [6.07, 6.45) is 1.83. The zero-order chi connectivity index (χ0) is 20.9. The fourth-order valence-corrected chi connectivity index (χ4v) is 4.51. The molecule has 0 aliphatic carbocycles. The minimum absolute atomic E-state index is 0.0190. The van der Waals surface area contributed by atoms with Gasteiger partial charge >= 0.3 is 0 Å². The number of Topliss-reactive ketones (excluding diaryl/α,β-unsaturated/α-hetero) is 1. The number of hydrogen-bond donors (Lipinski definition) is 1. The second-order valence-corrected chi connectivity index (χ2v) is 7.88. The van der Waals surface area contributed by atoms with Gasteiger partial charge in [-0.25, -0.2) is 0 Å². The molecule has 0 heterocycles. The molecule has 0 spiro atoms. The summed E-state index contributed by atoms with van der Waals surface area (Å²) in [5, 5.41) is 8.76. The quantitative estimate of drug-likeness (QED) is 0.362. The molecule has 0 radical (unpaired) electrons. The van der Waals surface area contributed by atoms with E-state index in [1.807, 2.05) is 43.5 Å². The first-order valence-corrected chi connectivity index (χ1v) is 10.8. The van der Waals surface area contributed by atoms with Gasteiger partial charge in [0.1, 0.15) is 0 Å². The third-order valence-electron chi connectivity index (χ3n) is 4.83. The van der Waals surface area contributed by atoms with Gasteiger partial charge in [0, 0.05) is 29.3 Å². The Labute approximate surface area is 175 Å². The highest BCUT2D eigenvalue weighted by atomic mass is 35.5. The molecule has 2 aromatic carbocycles. The Morgan fingerprint density at radius 1 is 1.14 bits per heavy atom. The van der Waals surface area contributed by atoms with Crippen LogP contribution in [0.4, 0.5) is 5.69 Å². The number of anilines is 1. The van der Waals surface area contributed by atoms with Crippen LogP contribution in [0.1, 0.15) is 29.8 Å². The lowest BCUT2D eigenvalue weighted by molar-refractivity contribution is -0.122. The van der Waals surface area contributed by atoms with Gasteiger partial charge in [-0.15, -0.1) is 0 Å². The predicted molar refractivity (Wildman–Crippen MR) is 119 cm³/mol. The number of para-hydroxylation sites is 1. The maximum Gasteiger partial charge on any atom is 0.247 e. The van der Waals surface area contributed by atoms with Crippen LogP contribution in [0.3, 0.4) is 0 Å². The zero-order valence-electron chi connectivity index (χ0n) is 16.6. The predicted octanol–water partition coefficient (Wildman–Crippen LogP) is 5.27. The van der Waals surface area contributed by atoms with Crippen molar-refractivity contribution in [3.8, 4) is 0 Å². The van der Waals surface area contributed by atoms with E-state index in [2.05, 4.69) is 0 Å². The number of halogens is 1. The van der Waals surface area contributed by atoms with E-state index in [0.29, 0.717) is 28.4 Å². The van der Waals surface area contributed by atoms with E-state index in [-0.39, 0.29) is 11.5 Å². The zero-order valence-corrected chi connectivity index (χ0v) is 18.2. The van der Waals surface area contributed by atoms with Crippen LogP contribution in [-0.2, 0) is 4.79 Å². The molecule has 1 N–H and O–H groups in total. The number of carbonyl (C=O) groups is 2. The van der Waals surface area contributed by atoms with Crippen LogP contribution in [0.5, 0.6) is 0 Å². The molecule has 148 valence electrons. The van der Waals surface area contributed by atoms with E-state index in [1.54, 1.807) is 30.0 Å². The van der Waals surface area contributed by atoms with Crippen molar-refractivity contribution in [2.75, 3.05) is 23.5 Å². The van der Waals surface area contributed by atoms with Gasteiger partial charge in [0.15, 0.2) is 11.2 Å². The molecule has 0 saturated carbocycles. The van der Waals surface area contributed by atoms with Crippen LogP contribution in [0.25, 0.3) is 0 Å². The molecular formula is C22H25ClN2O2S. The summed E-state index contributed by atoms with van der Waals surface area (Å²) in [7, 11) is 0. The van der Waals surface area contributed by atoms with E-state index in [9.17, 15) is 9.59 Å². The molecule has 2 rings (SSSR count). The van der Waals surface area contributed by atoms with Crippen molar-refractivity contribution in [1.29, 1.82) is 5.41 Å². The molecule has 0 bridgehead atoms. The number of rotatable bonds is 8. The second-order valence-electron chi connectivity index (χ2n) is 6.61. The number of hydrogen-bond acceptors (Lipinski definition) is 4. The molecule has 1 amide bonds. The van der Waals surface area contributed by atoms with Crippen molar-refractivity contribution in [1.82, 2.24) is 0 Å². The number of aryl methyl sites for hydroxylation is 1. The monoisotopic (exact) mass is 416 g/mol. The van der Waals surface area contributed by atoms with Gasteiger partial charge in [0.2, 0.25) is 5.91 Å². The summed E-state index contributed by atoms with van der Waals surface area (Å²) < 4.78 is 0. The smallest absolute Gasteiger partial charge is 0.247 e. The molecule has 2 aromatic rings. The minimum atomic E-state index is -1.61. The molecule has 1 atom stereocenters. The fraction of sp³-hybridized carbons (Fsp3) is 0.318. The first kappa shape index (κ1) is 22.2. The summed E-state index contributed by atoms with van der Waals surface area (Å²) in [4.78, 5) is 29.1. The lowest BCUT2D eigenvalue weighted by Crippen LogP contribution is -2.54. The van der Waals surface area contributed by atoms with Crippen LogP contribution in [0.2, 0.25) is 5.02 Å².